The van der Waals surface area contributed by atoms with Crippen molar-refractivity contribution in [2.24, 2.45) is 22.2 Å². The third kappa shape index (κ3) is 9.30. The predicted molar refractivity (Wildman–Crippen MR) is 83.5 cm³/mol. The lowest BCUT2D eigenvalue weighted by Crippen LogP contribution is -2.32. The lowest BCUT2D eigenvalue weighted by atomic mass is 10.2. The molecule has 0 aromatic rings. The predicted octanol–water partition coefficient (Wildman–Crippen LogP) is -0.783. The highest BCUT2D eigenvalue weighted by Gasteiger charge is 2.26. The number of hydrogen-bond donors (Lipinski definition) is 4. The van der Waals surface area contributed by atoms with Crippen LogP contribution in [0.4, 0.5) is 4.79 Å². The van der Waals surface area contributed by atoms with E-state index in [1.165, 1.54) is 0 Å². The van der Waals surface area contributed by atoms with Crippen molar-refractivity contribution in [1.82, 2.24) is 4.90 Å². The Labute approximate surface area is 134 Å². The van der Waals surface area contributed by atoms with E-state index in [0.717, 1.165) is 11.3 Å². The van der Waals surface area contributed by atoms with Crippen molar-refractivity contribution in [3.63, 3.8) is 0 Å². The first-order valence-electron chi connectivity index (χ1n) is 7.30. The van der Waals surface area contributed by atoms with Crippen LogP contribution in [0.25, 0.3) is 0 Å². The van der Waals surface area contributed by atoms with Crippen LogP contribution in [-0.2, 0) is 14.3 Å². The molecule has 1 aliphatic heterocycles. The summed E-state index contributed by atoms with van der Waals surface area (Å²) < 4.78 is 4.66. The molecule has 0 aromatic heterocycles. The number of nitrogens with two attached hydrogens (primary N) is 3. The van der Waals surface area contributed by atoms with Gasteiger partial charge in [-0.25, -0.2) is 9.69 Å². The summed E-state index contributed by atoms with van der Waals surface area (Å²) in [6, 6.07) is -0.820. The Morgan fingerprint density at radius 3 is 2.52 bits per heavy atom. The highest BCUT2D eigenvalue weighted by atomic mass is 16.6. The standard InChI is InChI=1S/C7H11NO3.C6H14N4O2/c1-2-11-7(10)8-5-3-4-6(8)9;7-4(5(11)12)2-1-3-10-6(8)9/h2-5H2,1H3;4H,1-3,7H2,(H,11,12)(H4,8,9,10). The van der Waals surface area contributed by atoms with Gasteiger partial charge in [0.1, 0.15) is 6.04 Å². The second-order valence-electron chi connectivity index (χ2n) is 4.74. The minimum absolute atomic E-state index is 0.0129. The van der Waals surface area contributed by atoms with Crippen LogP contribution in [-0.4, -0.2) is 59.7 Å². The maximum Gasteiger partial charge on any atom is 0.416 e. The summed E-state index contributed by atoms with van der Waals surface area (Å²) in [5.41, 5.74) is 15.3. The third-order valence-electron chi connectivity index (χ3n) is 2.85. The topological polar surface area (TPSA) is 174 Å². The molecule has 1 aliphatic rings. The van der Waals surface area contributed by atoms with Crippen molar-refractivity contribution in [2.45, 2.75) is 38.6 Å². The SMILES string of the molecule is CCOC(=O)N1CCCC1=O.NC(N)=NCCCC(N)C(=O)O. The monoisotopic (exact) mass is 331 g/mol. The number of carbonyl (C=O) groups excluding carboxylic acids is 2. The molecule has 23 heavy (non-hydrogen) atoms. The molecule has 1 heterocycles. The Hall–Kier alpha value is -2.36. The average molecular weight is 331 g/mol. The van der Waals surface area contributed by atoms with Gasteiger partial charge in [-0.3, -0.25) is 14.6 Å². The second kappa shape index (κ2) is 11.2. The quantitative estimate of drug-likeness (QED) is 0.278. The molecule has 132 valence electrons. The van der Waals surface area contributed by atoms with E-state index in [0.29, 0.717) is 39.0 Å². The van der Waals surface area contributed by atoms with Gasteiger partial charge >= 0.3 is 12.1 Å². The van der Waals surface area contributed by atoms with Gasteiger partial charge in [0, 0.05) is 19.5 Å². The molecule has 1 rings (SSSR count). The lowest BCUT2D eigenvalue weighted by Gasteiger charge is -2.11. The van der Waals surface area contributed by atoms with Crippen LogP contribution in [0.1, 0.15) is 32.6 Å². The van der Waals surface area contributed by atoms with Crippen molar-refractivity contribution in [1.29, 1.82) is 0 Å². The second-order valence-corrected chi connectivity index (χ2v) is 4.74. The number of carboxylic acid groups (broad SMARTS) is 1. The molecule has 7 N–H and O–H groups in total. The lowest BCUT2D eigenvalue weighted by molar-refractivity contribution is -0.138. The van der Waals surface area contributed by atoms with Crippen LogP contribution in [0, 0.1) is 0 Å². The molecule has 1 fully saturated rings. The van der Waals surface area contributed by atoms with E-state index < -0.39 is 18.1 Å². The number of imide groups is 1. The van der Waals surface area contributed by atoms with Gasteiger partial charge in [-0.05, 0) is 26.2 Å². The Morgan fingerprint density at radius 1 is 1.43 bits per heavy atom. The molecule has 1 atom stereocenters. The Kier molecular flexibility index (Phi) is 10.1. The zero-order valence-electron chi connectivity index (χ0n) is 13.2. The number of ether oxygens (including phenoxy) is 1. The normalized spacial score (nSPS) is 14.5. The summed E-state index contributed by atoms with van der Waals surface area (Å²) in [6.45, 7) is 2.97. The van der Waals surface area contributed by atoms with Gasteiger partial charge in [0.15, 0.2) is 5.96 Å². The molecule has 0 saturated carbocycles. The summed E-state index contributed by atoms with van der Waals surface area (Å²) in [6.07, 6.45) is 1.68. The van der Waals surface area contributed by atoms with Gasteiger partial charge in [0.2, 0.25) is 5.91 Å². The van der Waals surface area contributed by atoms with Crippen LogP contribution in [0.5, 0.6) is 0 Å². The molecule has 0 aromatic carbocycles. The molecule has 1 unspecified atom stereocenters. The Bertz CT molecular complexity index is 436. The molecule has 0 aliphatic carbocycles. The number of hydrogen-bond acceptors (Lipinski definition) is 6. The molecule has 0 spiro atoms. The van der Waals surface area contributed by atoms with Crippen molar-refractivity contribution in [3.8, 4) is 0 Å². The molecule has 0 bridgehead atoms. The number of likely N-dealkylation sites (tertiary alicyclic amines) is 1. The van der Waals surface area contributed by atoms with Crippen LogP contribution < -0.4 is 17.2 Å². The third-order valence-corrected chi connectivity index (χ3v) is 2.85. The van der Waals surface area contributed by atoms with E-state index in [-0.39, 0.29) is 11.9 Å². The smallest absolute Gasteiger partial charge is 0.416 e. The molecule has 10 heteroatoms. The minimum atomic E-state index is -1.00. The summed E-state index contributed by atoms with van der Waals surface area (Å²) >= 11 is 0. The van der Waals surface area contributed by atoms with Gasteiger partial charge in [0.25, 0.3) is 0 Å². The average Bonchev–Trinajstić information content (AvgIpc) is 2.90. The molecule has 10 nitrogen and oxygen atoms in total. The van der Waals surface area contributed by atoms with Crippen molar-refractivity contribution in [3.05, 3.63) is 0 Å². The molecule has 2 amide bonds. The fourth-order valence-electron chi connectivity index (χ4n) is 1.69. The van der Waals surface area contributed by atoms with E-state index in [1.807, 2.05) is 0 Å². The zero-order valence-corrected chi connectivity index (χ0v) is 13.2. The van der Waals surface area contributed by atoms with Crippen molar-refractivity contribution in [2.75, 3.05) is 19.7 Å². The van der Waals surface area contributed by atoms with Crippen molar-refractivity contribution >= 4 is 23.9 Å². The first kappa shape index (κ1) is 20.6. The zero-order chi connectivity index (χ0) is 17.8. The number of nitrogens with zero attached hydrogens (tertiary/aromatic N) is 2. The van der Waals surface area contributed by atoms with Crippen LogP contribution in [0.3, 0.4) is 0 Å². The van der Waals surface area contributed by atoms with Crippen LogP contribution in [0.2, 0.25) is 0 Å². The van der Waals surface area contributed by atoms with Gasteiger partial charge in [-0.15, -0.1) is 0 Å². The van der Waals surface area contributed by atoms with Gasteiger partial charge in [-0.2, -0.15) is 0 Å². The van der Waals surface area contributed by atoms with E-state index in [2.05, 4.69) is 9.73 Å². The van der Waals surface area contributed by atoms with Gasteiger partial charge in [0.05, 0.1) is 6.61 Å². The Morgan fingerprint density at radius 2 is 2.09 bits per heavy atom. The van der Waals surface area contributed by atoms with E-state index >= 15 is 0 Å². The number of aliphatic carboxylic acids is 1. The highest BCUT2D eigenvalue weighted by molar-refractivity contribution is 5.93. The molecule has 1 saturated heterocycles. The Balaban J connectivity index is 0.000000422. The number of rotatable bonds is 6. The summed E-state index contributed by atoms with van der Waals surface area (Å²) in [5, 5.41) is 8.38. The van der Waals surface area contributed by atoms with E-state index in [1.54, 1.807) is 6.92 Å². The largest absolute Gasteiger partial charge is 0.480 e. The minimum Gasteiger partial charge on any atom is -0.480 e. The molecular weight excluding hydrogens is 306 g/mol. The summed E-state index contributed by atoms with van der Waals surface area (Å²) in [4.78, 5) is 36.9. The number of carbonyl (C=O) groups is 3. The number of guanidine groups is 1. The summed E-state index contributed by atoms with van der Waals surface area (Å²) in [7, 11) is 0. The van der Waals surface area contributed by atoms with E-state index in [9.17, 15) is 14.4 Å². The fourth-order valence-corrected chi connectivity index (χ4v) is 1.69. The number of aliphatic imine (C=N–C) groups is 1. The first-order chi connectivity index (χ1) is 10.8. The van der Waals surface area contributed by atoms with Crippen LogP contribution in [0.15, 0.2) is 4.99 Å². The first-order valence-corrected chi connectivity index (χ1v) is 7.30. The van der Waals surface area contributed by atoms with E-state index in [4.69, 9.17) is 22.3 Å². The molecule has 0 radical (unpaired) electrons. The van der Waals surface area contributed by atoms with Crippen LogP contribution >= 0.6 is 0 Å². The van der Waals surface area contributed by atoms with Gasteiger partial charge < -0.3 is 27.0 Å². The maximum atomic E-state index is 10.9. The van der Waals surface area contributed by atoms with Crippen molar-refractivity contribution < 1.29 is 24.2 Å². The number of amides is 2. The highest BCUT2D eigenvalue weighted by Crippen LogP contribution is 2.10. The summed E-state index contributed by atoms with van der Waals surface area (Å²) in [5.74, 6) is -1.11. The number of carboxylic acids is 1. The fraction of sp³-hybridized carbons (Fsp3) is 0.692. The maximum absolute atomic E-state index is 10.9. The molecular formula is C13H25N5O5. The van der Waals surface area contributed by atoms with Gasteiger partial charge in [-0.1, -0.05) is 0 Å².